The molecule has 0 atom stereocenters. The van der Waals surface area contributed by atoms with Crippen LogP contribution in [-0.2, 0) is 0 Å². The molecule has 0 fully saturated rings. The van der Waals surface area contributed by atoms with Crippen LogP contribution in [-0.4, -0.2) is 5.75 Å². The summed E-state index contributed by atoms with van der Waals surface area (Å²) < 4.78 is 0. The first kappa shape index (κ1) is 14.8. The van der Waals surface area contributed by atoms with E-state index in [0.717, 1.165) is 12.0 Å². The molecule has 2 aromatic carbocycles. The number of benzene rings is 2. The Morgan fingerprint density at radius 2 is 1.65 bits per heavy atom. The highest BCUT2D eigenvalue weighted by Gasteiger charge is 1.93. The molecule has 0 aromatic heterocycles. The van der Waals surface area contributed by atoms with E-state index in [2.05, 4.69) is 55.2 Å². The number of aryl methyl sites for hydroxylation is 1. The normalized spacial score (nSPS) is 9.85. The topological polar surface area (TPSA) is 0 Å². The lowest BCUT2D eigenvalue weighted by molar-refractivity contribution is 0.836. The van der Waals surface area contributed by atoms with Gasteiger partial charge in [-0.25, -0.2) is 0 Å². The smallest absolute Gasteiger partial charge is 0.0245 e. The monoisotopic (exact) mass is 280 g/mol. The summed E-state index contributed by atoms with van der Waals surface area (Å²) >= 11 is 1.94. The summed E-state index contributed by atoms with van der Waals surface area (Å²) in [6, 6.07) is 18.9. The standard InChI is InChI=1S/C19H20S/c1-17-12-14-19(15-13-17)20-16-8-3-2-5-9-18-10-6-4-7-11-18/h4,6-7,10-15H,2-3,8,16H2,1H3. The molecular weight excluding hydrogens is 260 g/mol. The third kappa shape index (κ3) is 5.55. The van der Waals surface area contributed by atoms with Crippen molar-refractivity contribution in [1.82, 2.24) is 0 Å². The van der Waals surface area contributed by atoms with Crippen LogP contribution in [0.2, 0.25) is 0 Å². The molecule has 0 aliphatic rings. The Bertz CT molecular complexity index is 558. The minimum Gasteiger partial charge on any atom is -0.126 e. The van der Waals surface area contributed by atoms with Crippen LogP contribution < -0.4 is 0 Å². The van der Waals surface area contributed by atoms with Crippen molar-refractivity contribution in [3.63, 3.8) is 0 Å². The fourth-order valence-corrected chi connectivity index (χ4v) is 2.74. The van der Waals surface area contributed by atoms with E-state index in [1.807, 2.05) is 30.0 Å². The Morgan fingerprint density at radius 1 is 0.900 bits per heavy atom. The summed E-state index contributed by atoms with van der Waals surface area (Å²) in [7, 11) is 0. The van der Waals surface area contributed by atoms with E-state index in [1.54, 1.807) is 0 Å². The Morgan fingerprint density at radius 3 is 2.40 bits per heavy atom. The van der Waals surface area contributed by atoms with Crippen LogP contribution in [0.25, 0.3) is 0 Å². The van der Waals surface area contributed by atoms with Crippen molar-refractivity contribution in [3.8, 4) is 11.8 Å². The van der Waals surface area contributed by atoms with Gasteiger partial charge in [0.15, 0.2) is 0 Å². The summed E-state index contributed by atoms with van der Waals surface area (Å²) in [5, 5.41) is 0. The fraction of sp³-hybridized carbons (Fsp3) is 0.263. The molecule has 0 spiro atoms. The van der Waals surface area contributed by atoms with Gasteiger partial charge in [0.25, 0.3) is 0 Å². The summed E-state index contributed by atoms with van der Waals surface area (Å²) in [6.45, 7) is 2.12. The zero-order valence-corrected chi connectivity index (χ0v) is 12.7. The molecule has 102 valence electrons. The third-order valence-corrected chi connectivity index (χ3v) is 4.09. The minimum absolute atomic E-state index is 0.989. The molecule has 0 N–H and O–H groups in total. The third-order valence-electron chi connectivity index (χ3n) is 2.99. The predicted octanol–water partition coefficient (Wildman–Crippen LogP) is 5.31. The highest BCUT2D eigenvalue weighted by molar-refractivity contribution is 7.99. The number of thioether (sulfide) groups is 1. The van der Waals surface area contributed by atoms with Gasteiger partial charge in [-0.1, -0.05) is 47.7 Å². The van der Waals surface area contributed by atoms with Crippen LogP contribution in [0, 0.1) is 18.8 Å². The molecule has 0 bridgehead atoms. The Kier molecular flexibility index (Phi) is 6.27. The highest BCUT2D eigenvalue weighted by atomic mass is 32.2. The number of hydrogen-bond donors (Lipinski definition) is 0. The lowest BCUT2D eigenvalue weighted by atomic mass is 10.2. The van der Waals surface area contributed by atoms with E-state index >= 15 is 0 Å². The van der Waals surface area contributed by atoms with E-state index in [0.29, 0.717) is 0 Å². The molecule has 0 aliphatic carbocycles. The first-order valence-corrected chi connectivity index (χ1v) is 8.06. The number of rotatable bonds is 5. The maximum absolute atomic E-state index is 3.25. The van der Waals surface area contributed by atoms with Crippen molar-refractivity contribution in [2.24, 2.45) is 0 Å². The summed E-state index contributed by atoms with van der Waals surface area (Å²) in [5.41, 5.74) is 2.44. The first-order valence-electron chi connectivity index (χ1n) is 7.08. The summed E-state index contributed by atoms with van der Waals surface area (Å²) in [6.07, 6.45) is 3.39. The van der Waals surface area contributed by atoms with Crippen LogP contribution in [0.3, 0.4) is 0 Å². The second-order valence-corrected chi connectivity index (χ2v) is 5.95. The van der Waals surface area contributed by atoms with Gasteiger partial charge in [0.1, 0.15) is 0 Å². The van der Waals surface area contributed by atoms with Gasteiger partial charge in [-0.2, -0.15) is 0 Å². The van der Waals surface area contributed by atoms with E-state index < -0.39 is 0 Å². The van der Waals surface area contributed by atoms with Crippen molar-refractivity contribution >= 4 is 11.8 Å². The zero-order chi connectivity index (χ0) is 14.0. The lowest BCUT2D eigenvalue weighted by Crippen LogP contribution is -1.81. The quantitative estimate of drug-likeness (QED) is 0.406. The largest absolute Gasteiger partial charge is 0.126 e. The van der Waals surface area contributed by atoms with E-state index in [4.69, 9.17) is 0 Å². The average molecular weight is 280 g/mol. The Labute approximate surface area is 126 Å². The zero-order valence-electron chi connectivity index (χ0n) is 11.9. The molecule has 20 heavy (non-hydrogen) atoms. The lowest BCUT2D eigenvalue weighted by Gasteiger charge is -2.01. The Balaban J connectivity index is 1.60. The highest BCUT2D eigenvalue weighted by Crippen LogP contribution is 2.19. The predicted molar refractivity (Wildman–Crippen MR) is 89.1 cm³/mol. The maximum atomic E-state index is 3.25. The molecule has 0 aliphatic heterocycles. The first-order chi connectivity index (χ1) is 9.84. The van der Waals surface area contributed by atoms with Crippen molar-refractivity contribution in [2.45, 2.75) is 31.1 Å². The van der Waals surface area contributed by atoms with Gasteiger partial charge in [0.2, 0.25) is 0 Å². The van der Waals surface area contributed by atoms with Gasteiger partial charge in [-0.3, -0.25) is 0 Å². The van der Waals surface area contributed by atoms with Gasteiger partial charge in [-0.05, 0) is 49.8 Å². The van der Waals surface area contributed by atoms with E-state index in [9.17, 15) is 0 Å². The van der Waals surface area contributed by atoms with Crippen molar-refractivity contribution in [3.05, 3.63) is 65.7 Å². The van der Waals surface area contributed by atoms with Gasteiger partial charge < -0.3 is 0 Å². The van der Waals surface area contributed by atoms with Gasteiger partial charge >= 0.3 is 0 Å². The second-order valence-electron chi connectivity index (χ2n) is 4.79. The minimum atomic E-state index is 0.989. The van der Waals surface area contributed by atoms with Crippen molar-refractivity contribution < 1.29 is 0 Å². The Hall–Kier alpha value is -1.65. The van der Waals surface area contributed by atoms with Crippen LogP contribution in [0.4, 0.5) is 0 Å². The van der Waals surface area contributed by atoms with E-state index in [1.165, 1.54) is 29.1 Å². The molecule has 0 unspecified atom stereocenters. The van der Waals surface area contributed by atoms with Crippen LogP contribution in [0.15, 0.2) is 59.5 Å². The molecule has 2 rings (SSSR count). The fourth-order valence-electron chi connectivity index (χ4n) is 1.83. The van der Waals surface area contributed by atoms with Crippen LogP contribution in [0.1, 0.15) is 30.4 Å². The molecule has 0 nitrogen and oxygen atoms in total. The van der Waals surface area contributed by atoms with Crippen LogP contribution >= 0.6 is 11.8 Å². The second kappa shape index (κ2) is 8.51. The van der Waals surface area contributed by atoms with Crippen molar-refractivity contribution in [1.29, 1.82) is 0 Å². The number of unbranched alkanes of at least 4 members (excludes halogenated alkanes) is 2. The molecule has 0 saturated carbocycles. The van der Waals surface area contributed by atoms with Gasteiger partial charge in [-0.15, -0.1) is 11.8 Å². The molecule has 0 heterocycles. The SMILES string of the molecule is Cc1ccc(SCCCCC#Cc2ccccc2)cc1. The van der Waals surface area contributed by atoms with Gasteiger partial charge in [0, 0.05) is 16.9 Å². The molecule has 0 amide bonds. The van der Waals surface area contributed by atoms with Gasteiger partial charge in [0.05, 0.1) is 0 Å². The van der Waals surface area contributed by atoms with E-state index in [-0.39, 0.29) is 0 Å². The molecular formula is C19H20S. The molecule has 0 radical (unpaired) electrons. The summed E-state index contributed by atoms with van der Waals surface area (Å²) in [5.74, 6) is 7.63. The molecule has 2 aromatic rings. The average Bonchev–Trinajstić information content (AvgIpc) is 2.49. The molecule has 1 heteroatoms. The number of hydrogen-bond acceptors (Lipinski definition) is 1. The van der Waals surface area contributed by atoms with Crippen LogP contribution in [0.5, 0.6) is 0 Å². The molecule has 0 saturated heterocycles. The van der Waals surface area contributed by atoms with Crippen molar-refractivity contribution in [2.75, 3.05) is 5.75 Å². The summed E-state index contributed by atoms with van der Waals surface area (Å²) in [4.78, 5) is 1.37. The maximum Gasteiger partial charge on any atom is 0.0245 e.